The molecule has 2 aliphatic heterocycles. The van der Waals surface area contributed by atoms with Gasteiger partial charge in [-0.25, -0.2) is 4.79 Å². The Hall–Kier alpha value is -0.890. The third kappa shape index (κ3) is 4.16. The van der Waals surface area contributed by atoms with Gasteiger partial charge in [0.05, 0.1) is 12.7 Å². The number of carboxylic acid groups (broad SMARTS) is 1. The van der Waals surface area contributed by atoms with Gasteiger partial charge in [-0.2, -0.15) is 0 Å². The van der Waals surface area contributed by atoms with Crippen molar-refractivity contribution in [2.75, 3.05) is 6.61 Å². The molecule has 0 saturated carbocycles. The van der Waals surface area contributed by atoms with Crippen molar-refractivity contribution in [3.8, 4) is 0 Å². The van der Waals surface area contributed by atoms with Gasteiger partial charge in [0, 0.05) is 0 Å². The standard InChI is InChI=1S/C15H26O11/c1-4(2)12-9(19)7(17)6(16)5(25-12)3-24-15-11(21)8(18)10(20)13(26-15)14(22)23/h4-13,15-21H,3H2,1-2H3,(H,22,23)/t5-,6+,7+,8+,9-,10+,11-,12?,13+,15-/m1/s1. The Kier molecular flexibility index (Phi) is 6.93. The van der Waals surface area contributed by atoms with E-state index in [9.17, 15) is 35.4 Å². The van der Waals surface area contributed by atoms with Gasteiger partial charge in [0.2, 0.25) is 0 Å². The summed E-state index contributed by atoms with van der Waals surface area (Å²) in [4.78, 5) is 11.1. The highest BCUT2D eigenvalue weighted by atomic mass is 16.7. The SMILES string of the molecule is CC(C)C1O[C@H](CO[C@@H]2O[C@H](C(=O)O)[C@@H](O)[C@H](O)[C@H]2O)[C@H](O)[C@H](O)[C@H]1O. The number of carboxylic acids is 1. The summed E-state index contributed by atoms with van der Waals surface area (Å²) in [5.41, 5.74) is 0. The van der Waals surface area contributed by atoms with E-state index in [2.05, 4.69) is 0 Å². The molecule has 152 valence electrons. The first-order valence-corrected chi connectivity index (χ1v) is 8.30. The second kappa shape index (κ2) is 8.42. The molecule has 2 saturated heterocycles. The minimum Gasteiger partial charge on any atom is -0.479 e. The van der Waals surface area contributed by atoms with E-state index in [1.807, 2.05) is 0 Å². The average molecular weight is 382 g/mol. The number of aliphatic hydroxyl groups is 6. The van der Waals surface area contributed by atoms with Gasteiger partial charge in [-0.15, -0.1) is 0 Å². The van der Waals surface area contributed by atoms with Gasteiger partial charge in [-0.05, 0) is 5.92 Å². The number of ether oxygens (including phenoxy) is 3. The summed E-state index contributed by atoms with van der Waals surface area (Å²) in [6.07, 6.45) is -15.0. The van der Waals surface area contributed by atoms with E-state index in [1.54, 1.807) is 13.8 Å². The molecule has 1 unspecified atom stereocenters. The van der Waals surface area contributed by atoms with E-state index in [-0.39, 0.29) is 5.92 Å². The number of hydrogen-bond acceptors (Lipinski definition) is 10. The molecule has 11 heteroatoms. The third-order valence-electron chi connectivity index (χ3n) is 4.64. The van der Waals surface area contributed by atoms with Gasteiger partial charge < -0.3 is 50.0 Å². The Morgan fingerprint density at radius 3 is 2.00 bits per heavy atom. The molecule has 0 amide bonds. The van der Waals surface area contributed by atoms with Gasteiger partial charge in [-0.3, -0.25) is 0 Å². The monoisotopic (exact) mass is 382 g/mol. The predicted molar refractivity (Wildman–Crippen MR) is 81.8 cm³/mol. The highest BCUT2D eigenvalue weighted by molar-refractivity contribution is 5.73. The number of hydrogen-bond donors (Lipinski definition) is 7. The van der Waals surface area contributed by atoms with Crippen LogP contribution in [0.4, 0.5) is 0 Å². The Bertz CT molecular complexity index is 486. The minimum absolute atomic E-state index is 0.181. The number of aliphatic carboxylic acids is 1. The molecule has 7 N–H and O–H groups in total. The van der Waals surface area contributed by atoms with E-state index in [0.29, 0.717) is 0 Å². The fourth-order valence-electron chi connectivity index (χ4n) is 3.05. The van der Waals surface area contributed by atoms with E-state index >= 15 is 0 Å². The van der Waals surface area contributed by atoms with Crippen molar-refractivity contribution in [1.82, 2.24) is 0 Å². The molecule has 0 aromatic carbocycles. The Labute approximate surface area is 149 Å². The lowest BCUT2D eigenvalue weighted by molar-refractivity contribution is -0.309. The number of aliphatic hydroxyl groups excluding tert-OH is 6. The third-order valence-corrected chi connectivity index (χ3v) is 4.64. The van der Waals surface area contributed by atoms with Gasteiger partial charge in [0.1, 0.15) is 42.7 Å². The summed E-state index contributed by atoms with van der Waals surface area (Å²) in [7, 11) is 0. The highest BCUT2D eigenvalue weighted by Gasteiger charge is 2.49. The first-order chi connectivity index (χ1) is 12.1. The van der Waals surface area contributed by atoms with Crippen molar-refractivity contribution < 1.29 is 54.8 Å². The molecule has 2 rings (SSSR count). The molecule has 11 nitrogen and oxygen atoms in total. The van der Waals surface area contributed by atoms with Crippen molar-refractivity contribution in [2.24, 2.45) is 5.92 Å². The van der Waals surface area contributed by atoms with Gasteiger partial charge in [0.15, 0.2) is 12.4 Å². The van der Waals surface area contributed by atoms with Crippen LogP contribution in [0.1, 0.15) is 13.8 Å². The summed E-state index contributed by atoms with van der Waals surface area (Å²) in [6, 6.07) is 0. The van der Waals surface area contributed by atoms with Crippen LogP contribution in [0.15, 0.2) is 0 Å². The summed E-state index contributed by atoms with van der Waals surface area (Å²) < 4.78 is 15.7. The largest absolute Gasteiger partial charge is 0.479 e. The molecule has 2 fully saturated rings. The van der Waals surface area contributed by atoms with Gasteiger partial charge >= 0.3 is 5.97 Å². The van der Waals surface area contributed by atoms with Crippen LogP contribution in [0.2, 0.25) is 0 Å². The molecule has 0 aromatic rings. The zero-order chi connectivity index (χ0) is 19.8. The maximum absolute atomic E-state index is 11.1. The van der Waals surface area contributed by atoms with Crippen LogP contribution in [0.3, 0.4) is 0 Å². The molecule has 10 atom stereocenters. The quantitative estimate of drug-likeness (QED) is 0.249. The zero-order valence-corrected chi connectivity index (χ0v) is 14.3. The molecule has 26 heavy (non-hydrogen) atoms. The second-order valence-electron chi connectivity index (χ2n) is 6.92. The van der Waals surface area contributed by atoms with Crippen LogP contribution in [0.25, 0.3) is 0 Å². The fourth-order valence-corrected chi connectivity index (χ4v) is 3.05. The number of carbonyl (C=O) groups is 1. The topological polar surface area (TPSA) is 186 Å². The average Bonchev–Trinajstić information content (AvgIpc) is 2.57. The Morgan fingerprint density at radius 1 is 0.885 bits per heavy atom. The number of rotatable bonds is 5. The zero-order valence-electron chi connectivity index (χ0n) is 14.3. The van der Waals surface area contributed by atoms with Gasteiger partial charge in [-0.1, -0.05) is 13.8 Å². The lowest BCUT2D eigenvalue weighted by atomic mass is 9.89. The van der Waals surface area contributed by atoms with Crippen LogP contribution in [0.5, 0.6) is 0 Å². The van der Waals surface area contributed by atoms with Crippen molar-refractivity contribution in [3.05, 3.63) is 0 Å². The molecular formula is C15H26O11. The molecule has 0 spiro atoms. The van der Waals surface area contributed by atoms with E-state index in [1.165, 1.54) is 0 Å². The maximum atomic E-state index is 11.1. The van der Waals surface area contributed by atoms with Crippen molar-refractivity contribution in [1.29, 1.82) is 0 Å². The minimum atomic E-state index is -1.85. The van der Waals surface area contributed by atoms with Gasteiger partial charge in [0.25, 0.3) is 0 Å². The fraction of sp³-hybridized carbons (Fsp3) is 0.933. The van der Waals surface area contributed by atoms with Crippen LogP contribution >= 0.6 is 0 Å². The predicted octanol–water partition coefficient (Wildman–Crippen LogP) is -3.60. The molecule has 2 heterocycles. The maximum Gasteiger partial charge on any atom is 0.335 e. The van der Waals surface area contributed by atoms with Crippen molar-refractivity contribution in [2.45, 2.75) is 75.1 Å². The summed E-state index contributed by atoms with van der Waals surface area (Å²) in [5, 5.41) is 68.2. The lowest BCUT2D eigenvalue weighted by Gasteiger charge is -2.43. The van der Waals surface area contributed by atoms with Crippen LogP contribution in [-0.4, -0.2) is 110 Å². The second-order valence-corrected chi connectivity index (χ2v) is 6.92. The molecule has 0 aliphatic carbocycles. The first kappa shape index (κ1) is 21.4. The lowest BCUT2D eigenvalue weighted by Crippen LogP contribution is -2.62. The van der Waals surface area contributed by atoms with Crippen LogP contribution < -0.4 is 0 Å². The summed E-state index contributed by atoms with van der Waals surface area (Å²) >= 11 is 0. The van der Waals surface area contributed by atoms with Crippen molar-refractivity contribution in [3.63, 3.8) is 0 Å². The normalized spacial score (nSPS) is 47.1. The Morgan fingerprint density at radius 2 is 1.46 bits per heavy atom. The molecule has 2 aliphatic rings. The van der Waals surface area contributed by atoms with Crippen molar-refractivity contribution >= 4 is 5.97 Å². The summed E-state index contributed by atoms with van der Waals surface area (Å²) in [5.74, 6) is -1.73. The summed E-state index contributed by atoms with van der Waals surface area (Å²) in [6.45, 7) is 3.07. The smallest absolute Gasteiger partial charge is 0.335 e. The van der Waals surface area contributed by atoms with Crippen LogP contribution in [-0.2, 0) is 19.0 Å². The van der Waals surface area contributed by atoms with Crippen LogP contribution in [0, 0.1) is 5.92 Å². The first-order valence-electron chi connectivity index (χ1n) is 8.30. The van der Waals surface area contributed by atoms with E-state index in [0.717, 1.165) is 0 Å². The molecule has 0 bridgehead atoms. The molecule has 0 radical (unpaired) electrons. The van der Waals surface area contributed by atoms with E-state index in [4.69, 9.17) is 19.3 Å². The molecular weight excluding hydrogens is 356 g/mol. The highest BCUT2D eigenvalue weighted by Crippen LogP contribution is 2.28. The van der Waals surface area contributed by atoms with E-state index < -0.39 is 73.8 Å². The molecule has 0 aromatic heterocycles. The Balaban J connectivity index is 2.03.